The van der Waals surface area contributed by atoms with Gasteiger partial charge >= 0.3 is 6.01 Å². The summed E-state index contributed by atoms with van der Waals surface area (Å²) < 4.78 is 21.9. The number of terminal acetylenes is 1. The molecule has 0 amide bonds. The number of halogens is 1. The highest BCUT2D eigenvalue weighted by Crippen LogP contribution is 2.44. The second kappa shape index (κ2) is 16.7. The third kappa shape index (κ3) is 8.23. The average molecular weight is 679 g/mol. The number of allylic oxidation sites excluding steroid dienone is 3. The summed E-state index contributed by atoms with van der Waals surface area (Å²) in [6.07, 6.45) is 22.6. The van der Waals surface area contributed by atoms with Crippen molar-refractivity contribution in [3.05, 3.63) is 58.5 Å². The van der Waals surface area contributed by atoms with Crippen LogP contribution in [0.1, 0.15) is 135 Å². The molecule has 1 aliphatic carbocycles. The molecule has 2 heterocycles. The van der Waals surface area contributed by atoms with E-state index in [0.29, 0.717) is 29.0 Å². The number of nitrogens with zero attached hydrogens (tertiary/aromatic N) is 4. The van der Waals surface area contributed by atoms with E-state index in [1.807, 2.05) is 26.8 Å². The summed E-state index contributed by atoms with van der Waals surface area (Å²) in [5.41, 5.74) is 4.80. The van der Waals surface area contributed by atoms with Gasteiger partial charge in [0.2, 0.25) is 0 Å². The molecule has 5 rings (SSSR count). The largest absolute Gasteiger partial charge is 0.508 e. The van der Waals surface area contributed by atoms with Gasteiger partial charge in [0.05, 0.1) is 29.1 Å². The molecular formula is C43H55FN4O2. The van der Waals surface area contributed by atoms with Gasteiger partial charge in [0.15, 0.2) is 0 Å². The first-order chi connectivity index (χ1) is 24.1. The zero-order chi connectivity index (χ0) is 35.8. The number of unbranched alkanes of at least 4 members (excludes halogenated alkanes) is 3. The summed E-state index contributed by atoms with van der Waals surface area (Å²) in [4.78, 5) is 17.9. The highest BCUT2D eigenvalue weighted by atomic mass is 19.1. The van der Waals surface area contributed by atoms with Gasteiger partial charge in [0.1, 0.15) is 17.4 Å². The van der Waals surface area contributed by atoms with Gasteiger partial charge in [0.25, 0.3) is 0 Å². The Morgan fingerprint density at radius 1 is 1.06 bits per heavy atom. The third-order valence-electron chi connectivity index (χ3n) is 10.1. The molecule has 1 saturated heterocycles. The van der Waals surface area contributed by atoms with Crippen molar-refractivity contribution in [1.29, 1.82) is 0 Å². The van der Waals surface area contributed by atoms with Crippen molar-refractivity contribution >= 4 is 39.5 Å². The van der Waals surface area contributed by atoms with Crippen molar-refractivity contribution in [2.75, 3.05) is 24.6 Å². The molecule has 1 atom stereocenters. The second-order valence-corrected chi connectivity index (χ2v) is 14.6. The lowest BCUT2D eigenvalue weighted by atomic mass is 9.81. The quantitative estimate of drug-likeness (QED) is 0.144. The first-order valence-electron chi connectivity index (χ1n) is 18.8. The lowest BCUT2D eigenvalue weighted by Crippen LogP contribution is -2.29. The molecule has 1 fully saturated rings. The highest BCUT2D eigenvalue weighted by molar-refractivity contribution is 6.50. The Kier molecular flexibility index (Phi) is 12.4. The van der Waals surface area contributed by atoms with Crippen molar-refractivity contribution in [1.82, 2.24) is 9.97 Å². The normalized spacial score (nSPS) is 17.8. The minimum Gasteiger partial charge on any atom is -0.508 e. The molecule has 0 spiro atoms. The fraction of sp³-hybridized carbons (Fsp3) is 0.512. The first kappa shape index (κ1) is 37.1. The Labute approximate surface area is 299 Å². The van der Waals surface area contributed by atoms with Gasteiger partial charge in [-0.2, -0.15) is 9.97 Å². The first-order valence-corrected chi connectivity index (χ1v) is 18.8. The van der Waals surface area contributed by atoms with Gasteiger partial charge in [-0.15, -0.1) is 6.42 Å². The number of aliphatic imine (C=N–C) groups is 1. The Morgan fingerprint density at radius 2 is 1.78 bits per heavy atom. The maximum absolute atomic E-state index is 15.2. The smallest absolute Gasteiger partial charge is 0.318 e. The molecule has 6 nitrogen and oxygen atoms in total. The maximum atomic E-state index is 15.2. The predicted molar refractivity (Wildman–Crippen MR) is 208 cm³/mol. The fourth-order valence-corrected chi connectivity index (χ4v) is 7.43. The number of phenols is 1. The number of ether oxygens (including phenoxy) is 1. The lowest BCUT2D eigenvalue weighted by Gasteiger charge is -2.31. The number of hydrogen-bond donors (Lipinski definition) is 1. The average Bonchev–Trinajstić information content (AvgIpc) is 3.39. The minimum absolute atomic E-state index is 0.0238. The van der Waals surface area contributed by atoms with Crippen molar-refractivity contribution in [3.8, 4) is 24.1 Å². The van der Waals surface area contributed by atoms with E-state index in [1.165, 1.54) is 38.2 Å². The predicted octanol–water partition coefficient (Wildman–Crippen LogP) is 10.8. The number of aromatic nitrogens is 2. The molecule has 3 aromatic rings. The third-order valence-corrected chi connectivity index (χ3v) is 10.1. The summed E-state index contributed by atoms with van der Waals surface area (Å²) in [5.74, 6) is 3.02. The van der Waals surface area contributed by atoms with E-state index in [9.17, 15) is 5.11 Å². The van der Waals surface area contributed by atoms with E-state index in [2.05, 4.69) is 37.7 Å². The van der Waals surface area contributed by atoms with Crippen LogP contribution in [0.3, 0.4) is 0 Å². The zero-order valence-electron chi connectivity index (χ0n) is 31.0. The number of hydrogen-bond acceptors (Lipinski definition) is 6. The molecule has 1 aliphatic heterocycles. The van der Waals surface area contributed by atoms with Crippen LogP contribution >= 0.6 is 0 Å². The van der Waals surface area contributed by atoms with E-state index < -0.39 is 5.82 Å². The summed E-state index contributed by atoms with van der Waals surface area (Å²) in [6, 6.07) is 6.61. The van der Waals surface area contributed by atoms with E-state index >= 15 is 4.39 Å². The Bertz CT molecular complexity index is 1810. The highest BCUT2D eigenvalue weighted by Gasteiger charge is 2.33. The zero-order valence-corrected chi connectivity index (χ0v) is 31.0. The van der Waals surface area contributed by atoms with E-state index in [-0.39, 0.29) is 22.8 Å². The molecule has 1 aromatic heterocycles. The summed E-state index contributed by atoms with van der Waals surface area (Å²) in [7, 11) is 0. The molecule has 2 aromatic carbocycles. The number of benzene rings is 2. The van der Waals surface area contributed by atoms with E-state index in [1.54, 1.807) is 18.2 Å². The molecular weight excluding hydrogens is 623 g/mol. The van der Waals surface area contributed by atoms with Crippen molar-refractivity contribution in [2.24, 2.45) is 10.4 Å². The van der Waals surface area contributed by atoms with E-state index in [4.69, 9.17) is 26.1 Å². The van der Waals surface area contributed by atoms with Crippen LogP contribution in [0, 0.1) is 23.6 Å². The molecule has 50 heavy (non-hydrogen) atoms. The van der Waals surface area contributed by atoms with Gasteiger partial charge in [0, 0.05) is 41.1 Å². The number of rotatable bonds is 13. The second-order valence-electron chi connectivity index (χ2n) is 14.6. The van der Waals surface area contributed by atoms with Crippen molar-refractivity contribution < 1.29 is 14.2 Å². The standard InChI is InChI=1S/C43H55FN4O2/c1-8-12-16-22-43(7,21-13-9-2)28-50-42-46-37-27-35(34-26-31(49)25-30-19-20-36(44)32(10-3)38(30)34)40(45-29(5)6)33(11-4)39(37)41(47-42)48-23-17-14-15-18-24-48/h3,11,19-20,25-27,29,49H,8-9,12-18,21-24,28H2,1-2,4-7H3/b33-11-,45-40?. The van der Waals surface area contributed by atoms with Gasteiger partial charge < -0.3 is 14.7 Å². The minimum atomic E-state index is -0.483. The summed E-state index contributed by atoms with van der Waals surface area (Å²) in [6.45, 7) is 15.3. The van der Waals surface area contributed by atoms with Crippen LogP contribution in [0.15, 0.2) is 35.3 Å². The maximum Gasteiger partial charge on any atom is 0.318 e. The van der Waals surface area contributed by atoms with E-state index in [0.717, 1.165) is 85.5 Å². The Balaban J connectivity index is 1.74. The molecule has 2 aliphatic rings. The van der Waals surface area contributed by atoms with Gasteiger partial charge in [-0.05, 0) is 81.7 Å². The molecule has 0 saturated carbocycles. The summed E-state index contributed by atoms with van der Waals surface area (Å²) >= 11 is 0. The van der Waals surface area contributed by atoms with Crippen LogP contribution in [0.4, 0.5) is 10.2 Å². The fourth-order valence-electron chi connectivity index (χ4n) is 7.43. The number of anilines is 1. The van der Waals surface area contributed by atoms with Crippen LogP contribution in [0.5, 0.6) is 11.8 Å². The monoisotopic (exact) mass is 678 g/mol. The van der Waals surface area contributed by atoms with Crippen LogP contribution in [-0.2, 0) is 0 Å². The summed E-state index contributed by atoms with van der Waals surface area (Å²) in [5, 5.41) is 12.2. The van der Waals surface area contributed by atoms with Crippen molar-refractivity contribution in [2.45, 2.75) is 118 Å². The van der Waals surface area contributed by atoms with Crippen molar-refractivity contribution in [3.63, 3.8) is 0 Å². The lowest BCUT2D eigenvalue weighted by molar-refractivity contribution is 0.126. The van der Waals surface area contributed by atoms with Crippen LogP contribution in [-0.4, -0.2) is 46.5 Å². The molecule has 266 valence electrons. The SMILES string of the molecule is C#Cc1c(F)ccc2cc(O)cc(C3=Cc4nc(OCC(C)(CCCC)CCCCC)nc(N5CCCCCC5)c4/C(=C/C)C3=NC(C)C)c12. The Morgan fingerprint density at radius 3 is 2.44 bits per heavy atom. The van der Waals surface area contributed by atoms with Gasteiger partial charge in [-0.3, -0.25) is 4.99 Å². The van der Waals surface area contributed by atoms with Crippen LogP contribution in [0.2, 0.25) is 0 Å². The van der Waals surface area contributed by atoms with Gasteiger partial charge in [-0.1, -0.05) is 83.8 Å². The topological polar surface area (TPSA) is 70.8 Å². The Hall–Kier alpha value is -4.18. The molecule has 7 heteroatoms. The molecule has 0 bridgehead atoms. The number of aromatic hydroxyl groups is 1. The molecule has 1 unspecified atom stereocenters. The number of fused-ring (bicyclic) bond motifs is 2. The van der Waals surface area contributed by atoms with Gasteiger partial charge in [-0.25, -0.2) is 4.39 Å². The molecule has 0 radical (unpaired) electrons. The molecule has 1 N–H and O–H groups in total. The van der Waals surface area contributed by atoms with Crippen LogP contribution in [0.25, 0.3) is 28.0 Å². The number of phenolic OH excluding ortho intramolecular Hbond substituents is 1. The van der Waals surface area contributed by atoms with Crippen LogP contribution < -0.4 is 9.64 Å².